The Bertz CT molecular complexity index is 4190. The number of para-hydroxylation sites is 2. The molecule has 0 saturated heterocycles. The summed E-state index contributed by atoms with van der Waals surface area (Å²) in [4.78, 5) is 2.55. The summed E-state index contributed by atoms with van der Waals surface area (Å²) in [6.07, 6.45) is 0. The molecule has 0 fully saturated rings. The lowest BCUT2D eigenvalue weighted by Gasteiger charge is -2.34. The number of hydrogen-bond acceptors (Lipinski definition) is 2. The first-order valence-corrected chi connectivity index (χ1v) is 23.9. The van der Waals surface area contributed by atoms with Gasteiger partial charge >= 0.3 is 0 Å². The van der Waals surface area contributed by atoms with Crippen molar-refractivity contribution < 1.29 is 4.42 Å². The molecule has 1 heterocycles. The summed E-state index contributed by atoms with van der Waals surface area (Å²) in [5.74, 6) is 0. The molecule has 2 nitrogen and oxygen atoms in total. The van der Waals surface area contributed by atoms with Crippen molar-refractivity contribution in [1.29, 1.82) is 0 Å². The van der Waals surface area contributed by atoms with Gasteiger partial charge in [0, 0.05) is 27.6 Å². The Labute approximate surface area is 399 Å². The van der Waals surface area contributed by atoms with E-state index in [1.807, 2.05) is 0 Å². The van der Waals surface area contributed by atoms with Gasteiger partial charge in [-0.2, -0.15) is 0 Å². The van der Waals surface area contributed by atoms with Crippen LogP contribution in [-0.4, -0.2) is 0 Å². The Morgan fingerprint density at radius 2 is 0.754 bits per heavy atom. The number of hydrogen-bond donors (Lipinski definition) is 0. The zero-order chi connectivity index (χ0) is 45.2. The SMILES string of the molecule is c1ccc(-c2ccccc2N(c2ccc3c4ccccc4c4ccccc4c3c2)c2cc3c(cc2-c2ccc4c(c2)oc2ccccc24)-c2ccccc2C32c3ccccc3-c3ccccc32)cc1. The van der Waals surface area contributed by atoms with Crippen molar-refractivity contribution in [1.82, 2.24) is 0 Å². The van der Waals surface area contributed by atoms with E-state index in [4.69, 9.17) is 4.42 Å². The first-order valence-electron chi connectivity index (χ1n) is 23.9. The average molecular weight is 876 g/mol. The van der Waals surface area contributed by atoms with Gasteiger partial charge < -0.3 is 9.32 Å². The van der Waals surface area contributed by atoms with Crippen LogP contribution in [0.15, 0.2) is 253 Å². The summed E-state index contributed by atoms with van der Waals surface area (Å²) < 4.78 is 6.67. The van der Waals surface area contributed by atoms with Crippen LogP contribution in [0.4, 0.5) is 17.1 Å². The van der Waals surface area contributed by atoms with Crippen LogP contribution < -0.4 is 4.90 Å². The van der Waals surface area contributed by atoms with Gasteiger partial charge in [0.05, 0.1) is 16.8 Å². The second kappa shape index (κ2) is 14.5. The zero-order valence-electron chi connectivity index (χ0n) is 37.5. The third kappa shape index (κ3) is 5.31. The third-order valence-electron chi connectivity index (χ3n) is 15.3. The van der Waals surface area contributed by atoms with Crippen molar-refractivity contribution in [2.75, 3.05) is 4.90 Å². The van der Waals surface area contributed by atoms with E-state index >= 15 is 0 Å². The van der Waals surface area contributed by atoms with Gasteiger partial charge in [-0.3, -0.25) is 0 Å². The molecule has 0 amide bonds. The van der Waals surface area contributed by atoms with E-state index in [2.05, 4.69) is 254 Å². The van der Waals surface area contributed by atoms with Crippen LogP contribution in [0, 0.1) is 0 Å². The Morgan fingerprint density at radius 3 is 1.42 bits per heavy atom. The molecule has 2 heteroatoms. The van der Waals surface area contributed by atoms with E-state index < -0.39 is 5.41 Å². The van der Waals surface area contributed by atoms with Crippen LogP contribution in [0.5, 0.6) is 0 Å². The van der Waals surface area contributed by atoms with Gasteiger partial charge in [-0.1, -0.05) is 200 Å². The lowest BCUT2D eigenvalue weighted by molar-refractivity contribution is 0.669. The molecule has 0 unspecified atom stereocenters. The second-order valence-corrected chi connectivity index (χ2v) is 18.7. The highest BCUT2D eigenvalue weighted by atomic mass is 16.3. The lowest BCUT2D eigenvalue weighted by Crippen LogP contribution is -2.26. The number of anilines is 3. The van der Waals surface area contributed by atoms with Crippen molar-refractivity contribution in [3.63, 3.8) is 0 Å². The molecule has 320 valence electrons. The summed E-state index contributed by atoms with van der Waals surface area (Å²) in [7, 11) is 0. The molecule has 0 aliphatic heterocycles. The van der Waals surface area contributed by atoms with Crippen LogP contribution in [-0.2, 0) is 5.41 Å². The Hall–Kier alpha value is -8.98. The zero-order valence-corrected chi connectivity index (χ0v) is 37.5. The highest BCUT2D eigenvalue weighted by molar-refractivity contribution is 6.26. The second-order valence-electron chi connectivity index (χ2n) is 18.7. The van der Waals surface area contributed by atoms with Crippen molar-refractivity contribution in [3.05, 3.63) is 271 Å². The minimum absolute atomic E-state index is 0.543. The maximum Gasteiger partial charge on any atom is 0.136 e. The molecular formula is C67H41NO. The van der Waals surface area contributed by atoms with Gasteiger partial charge in [0.2, 0.25) is 0 Å². The Morgan fingerprint density at radius 1 is 0.261 bits per heavy atom. The average Bonchev–Trinajstić information content (AvgIpc) is 4.05. The predicted molar refractivity (Wildman–Crippen MR) is 288 cm³/mol. The molecule has 69 heavy (non-hydrogen) atoms. The highest BCUT2D eigenvalue weighted by Gasteiger charge is 2.52. The molecule has 0 radical (unpaired) electrons. The van der Waals surface area contributed by atoms with Crippen LogP contribution in [0.3, 0.4) is 0 Å². The van der Waals surface area contributed by atoms with Crippen LogP contribution >= 0.6 is 0 Å². The number of benzene rings is 12. The quantitative estimate of drug-likeness (QED) is 0.160. The highest BCUT2D eigenvalue weighted by Crippen LogP contribution is 2.64. The third-order valence-corrected chi connectivity index (χ3v) is 15.3. The summed E-state index contributed by atoms with van der Waals surface area (Å²) in [6, 6.07) is 92.2. The summed E-state index contributed by atoms with van der Waals surface area (Å²) in [5, 5.41) is 9.71. The van der Waals surface area contributed by atoms with Crippen LogP contribution in [0.25, 0.3) is 98.8 Å². The molecule has 0 bridgehead atoms. The molecule has 1 aromatic heterocycles. The largest absolute Gasteiger partial charge is 0.456 e. The molecule has 1 spiro atoms. The van der Waals surface area contributed by atoms with E-state index in [-0.39, 0.29) is 0 Å². The minimum Gasteiger partial charge on any atom is -0.456 e. The standard InChI is InChI=1S/C67H41NO/c1-2-18-42(19-3-1)45-20-11-16-32-63(45)68(44-35-37-50-48-23-5-4-21-46(48)47-22-6-7-24-49(47)57(50)39-44)64-41-62-58(40-56(64)43-34-36-55-54-28-12-17-33-65(54)69-66(55)38-43)53-27-10-15-31-61(53)67(62)59-29-13-8-25-51(59)52-26-9-14-30-60(52)67/h1-41H. The van der Waals surface area contributed by atoms with Gasteiger partial charge in [-0.15, -0.1) is 0 Å². The summed E-state index contributed by atoms with van der Waals surface area (Å²) in [5.41, 5.74) is 19.3. The molecule has 13 aromatic rings. The number of nitrogens with zero attached hydrogens (tertiary/aromatic N) is 1. The van der Waals surface area contributed by atoms with Gasteiger partial charge in [0.1, 0.15) is 11.2 Å². The molecule has 15 rings (SSSR count). The molecule has 0 saturated carbocycles. The van der Waals surface area contributed by atoms with Gasteiger partial charge in [0.15, 0.2) is 0 Å². The van der Waals surface area contributed by atoms with Crippen molar-refractivity contribution in [2.24, 2.45) is 0 Å². The fourth-order valence-corrected chi connectivity index (χ4v) is 12.4. The monoisotopic (exact) mass is 875 g/mol. The van der Waals surface area contributed by atoms with Gasteiger partial charge in [-0.05, 0) is 136 Å². The first kappa shape index (κ1) is 38.2. The smallest absolute Gasteiger partial charge is 0.136 e. The molecule has 0 N–H and O–H groups in total. The fourth-order valence-electron chi connectivity index (χ4n) is 12.4. The molecule has 12 aromatic carbocycles. The van der Waals surface area contributed by atoms with E-state index in [9.17, 15) is 0 Å². The van der Waals surface area contributed by atoms with E-state index in [0.717, 1.165) is 61.3 Å². The lowest BCUT2D eigenvalue weighted by atomic mass is 9.70. The topological polar surface area (TPSA) is 16.4 Å². The van der Waals surface area contributed by atoms with Crippen LogP contribution in [0.2, 0.25) is 0 Å². The molecule has 2 aliphatic carbocycles. The molecule has 2 aliphatic rings. The molecule has 0 atom stereocenters. The maximum atomic E-state index is 6.67. The van der Waals surface area contributed by atoms with Crippen molar-refractivity contribution in [3.8, 4) is 44.5 Å². The predicted octanol–water partition coefficient (Wildman–Crippen LogP) is 18.2. The van der Waals surface area contributed by atoms with E-state index in [1.54, 1.807) is 0 Å². The van der Waals surface area contributed by atoms with Gasteiger partial charge in [0.25, 0.3) is 0 Å². The minimum atomic E-state index is -0.543. The van der Waals surface area contributed by atoms with Crippen LogP contribution in [0.1, 0.15) is 22.3 Å². The summed E-state index contributed by atoms with van der Waals surface area (Å²) >= 11 is 0. The summed E-state index contributed by atoms with van der Waals surface area (Å²) in [6.45, 7) is 0. The Kier molecular flexibility index (Phi) is 8.02. The molecular weight excluding hydrogens is 835 g/mol. The maximum absolute atomic E-state index is 6.67. The van der Waals surface area contributed by atoms with E-state index in [0.29, 0.717) is 0 Å². The van der Waals surface area contributed by atoms with Crippen molar-refractivity contribution in [2.45, 2.75) is 5.41 Å². The number of fused-ring (bicyclic) bond motifs is 19. The number of rotatable bonds is 5. The van der Waals surface area contributed by atoms with E-state index in [1.165, 1.54) is 76.8 Å². The Balaban J connectivity index is 1.10. The van der Waals surface area contributed by atoms with Crippen molar-refractivity contribution >= 4 is 71.3 Å². The normalized spacial score (nSPS) is 13.0. The fraction of sp³-hybridized carbons (Fsp3) is 0.0149. The number of furan rings is 1. The first-order chi connectivity index (χ1) is 34.2. The van der Waals surface area contributed by atoms with Gasteiger partial charge in [-0.25, -0.2) is 0 Å².